The Morgan fingerprint density at radius 2 is 1.60 bits per heavy atom. The van der Waals surface area contributed by atoms with Crippen LogP contribution in [0.2, 0.25) is 0 Å². The first kappa shape index (κ1) is 14.3. The normalized spacial score (nSPS) is 30.1. The zero-order valence-electron chi connectivity index (χ0n) is 12.1. The minimum absolute atomic E-state index is 0.0804. The van der Waals surface area contributed by atoms with Crippen LogP contribution in [-0.4, -0.2) is 56.5 Å². The highest BCUT2D eigenvalue weighted by molar-refractivity contribution is 7.92. The summed E-state index contributed by atoms with van der Waals surface area (Å²) in [6.45, 7) is 1.19. The van der Waals surface area contributed by atoms with Crippen molar-refractivity contribution in [3.05, 3.63) is 0 Å². The molecule has 3 fully saturated rings. The molecule has 114 valence electrons. The Balaban J connectivity index is 1.64. The smallest absolute Gasteiger partial charge is 0.254 e. The van der Waals surface area contributed by atoms with Gasteiger partial charge in [-0.15, -0.1) is 0 Å². The van der Waals surface area contributed by atoms with Crippen LogP contribution in [0, 0.1) is 5.41 Å². The van der Waals surface area contributed by atoms with Gasteiger partial charge >= 0.3 is 0 Å². The van der Waals surface area contributed by atoms with E-state index in [1.807, 2.05) is 4.90 Å². The van der Waals surface area contributed by atoms with E-state index in [2.05, 4.69) is 0 Å². The molecule has 1 amide bonds. The Hall–Kier alpha value is -0.620. The maximum Gasteiger partial charge on any atom is 0.254 e. The summed E-state index contributed by atoms with van der Waals surface area (Å²) in [5, 5.41) is 0. The van der Waals surface area contributed by atoms with Crippen LogP contribution in [0.15, 0.2) is 0 Å². The SMILES string of the molecule is COC1(C(=O)N2CC3(C2)CS(=O)(=O)C3)CCCCCC1. The molecular formula is C14H23NO4S. The highest BCUT2D eigenvalue weighted by atomic mass is 32.2. The van der Waals surface area contributed by atoms with Gasteiger partial charge in [-0.25, -0.2) is 8.42 Å². The van der Waals surface area contributed by atoms with Gasteiger partial charge in [-0.1, -0.05) is 25.7 Å². The predicted molar refractivity (Wildman–Crippen MR) is 75.1 cm³/mol. The van der Waals surface area contributed by atoms with Crippen molar-refractivity contribution in [2.75, 3.05) is 31.7 Å². The molecule has 0 aromatic heterocycles. The molecule has 2 saturated heterocycles. The third kappa shape index (κ3) is 2.26. The van der Waals surface area contributed by atoms with Crippen LogP contribution in [0.25, 0.3) is 0 Å². The van der Waals surface area contributed by atoms with Crippen LogP contribution in [0.5, 0.6) is 0 Å². The molecule has 1 spiro atoms. The van der Waals surface area contributed by atoms with Gasteiger partial charge in [0.2, 0.25) is 0 Å². The van der Waals surface area contributed by atoms with Crippen molar-refractivity contribution in [1.29, 1.82) is 0 Å². The highest BCUT2D eigenvalue weighted by Gasteiger charge is 2.59. The molecule has 1 saturated carbocycles. The zero-order chi connectivity index (χ0) is 14.4. The van der Waals surface area contributed by atoms with E-state index in [-0.39, 0.29) is 22.8 Å². The molecule has 1 aliphatic carbocycles. The minimum atomic E-state index is -2.82. The van der Waals surface area contributed by atoms with Gasteiger partial charge in [0.1, 0.15) is 5.60 Å². The van der Waals surface area contributed by atoms with Gasteiger partial charge in [0.15, 0.2) is 9.84 Å². The van der Waals surface area contributed by atoms with Gasteiger partial charge in [0, 0.05) is 25.6 Å². The molecule has 0 N–H and O–H groups in total. The van der Waals surface area contributed by atoms with E-state index in [0.29, 0.717) is 13.1 Å². The summed E-state index contributed by atoms with van der Waals surface area (Å²) in [6, 6.07) is 0. The average molecular weight is 301 g/mol. The molecule has 5 nitrogen and oxygen atoms in total. The molecule has 0 unspecified atom stereocenters. The number of methoxy groups -OCH3 is 1. The lowest BCUT2D eigenvalue weighted by atomic mass is 9.80. The number of likely N-dealkylation sites (tertiary alicyclic amines) is 1. The monoisotopic (exact) mass is 301 g/mol. The highest BCUT2D eigenvalue weighted by Crippen LogP contribution is 2.43. The Morgan fingerprint density at radius 3 is 2.05 bits per heavy atom. The number of hydrogen-bond donors (Lipinski definition) is 0. The maximum absolute atomic E-state index is 12.7. The van der Waals surface area contributed by atoms with Crippen molar-refractivity contribution in [3.8, 4) is 0 Å². The maximum atomic E-state index is 12.7. The van der Waals surface area contributed by atoms with Gasteiger partial charge in [0.25, 0.3) is 5.91 Å². The van der Waals surface area contributed by atoms with Crippen LogP contribution in [-0.2, 0) is 19.4 Å². The van der Waals surface area contributed by atoms with Gasteiger partial charge in [-0.3, -0.25) is 4.79 Å². The van der Waals surface area contributed by atoms with Crippen molar-refractivity contribution in [2.45, 2.75) is 44.1 Å². The second-order valence-corrected chi connectivity index (χ2v) is 8.87. The molecule has 0 radical (unpaired) electrons. The first-order chi connectivity index (χ1) is 9.40. The van der Waals surface area contributed by atoms with Gasteiger partial charge in [-0.2, -0.15) is 0 Å². The largest absolute Gasteiger partial charge is 0.368 e. The van der Waals surface area contributed by atoms with Crippen molar-refractivity contribution < 1.29 is 17.9 Å². The predicted octanol–water partition coefficient (Wildman–Crippen LogP) is 0.983. The van der Waals surface area contributed by atoms with E-state index in [0.717, 1.165) is 25.7 Å². The van der Waals surface area contributed by atoms with Crippen LogP contribution in [0.1, 0.15) is 38.5 Å². The van der Waals surface area contributed by atoms with Crippen molar-refractivity contribution >= 4 is 15.7 Å². The molecule has 20 heavy (non-hydrogen) atoms. The Morgan fingerprint density at radius 1 is 1.05 bits per heavy atom. The molecule has 0 aromatic rings. The summed E-state index contributed by atoms with van der Waals surface area (Å²) in [6.07, 6.45) is 6.00. The number of sulfone groups is 1. The van der Waals surface area contributed by atoms with Gasteiger partial charge in [-0.05, 0) is 12.8 Å². The fraction of sp³-hybridized carbons (Fsp3) is 0.929. The topological polar surface area (TPSA) is 63.7 Å². The van der Waals surface area contributed by atoms with E-state index >= 15 is 0 Å². The zero-order valence-corrected chi connectivity index (χ0v) is 12.9. The van der Waals surface area contributed by atoms with Crippen molar-refractivity contribution in [3.63, 3.8) is 0 Å². The second kappa shape index (κ2) is 4.70. The quantitative estimate of drug-likeness (QED) is 0.713. The van der Waals surface area contributed by atoms with Gasteiger partial charge < -0.3 is 9.64 Å². The Kier molecular flexibility index (Phi) is 3.36. The van der Waals surface area contributed by atoms with Crippen molar-refractivity contribution in [1.82, 2.24) is 4.90 Å². The molecule has 0 aromatic carbocycles. The summed E-state index contributed by atoms with van der Waals surface area (Å²) in [5.74, 6) is 0.588. The first-order valence-electron chi connectivity index (χ1n) is 7.45. The lowest BCUT2D eigenvalue weighted by Gasteiger charge is -2.56. The number of carbonyl (C=O) groups is 1. The van der Waals surface area contributed by atoms with Crippen LogP contribution >= 0.6 is 0 Å². The fourth-order valence-corrected chi connectivity index (χ4v) is 6.22. The number of amides is 1. The van der Waals surface area contributed by atoms with E-state index in [9.17, 15) is 13.2 Å². The molecule has 2 aliphatic heterocycles. The minimum Gasteiger partial charge on any atom is -0.368 e. The average Bonchev–Trinajstić information content (AvgIpc) is 2.58. The number of nitrogens with zero attached hydrogens (tertiary/aromatic N) is 1. The van der Waals surface area contributed by atoms with E-state index in [1.165, 1.54) is 12.8 Å². The fourth-order valence-electron chi connectivity index (χ4n) is 4.07. The van der Waals surface area contributed by atoms with E-state index < -0.39 is 15.4 Å². The molecular weight excluding hydrogens is 278 g/mol. The molecule has 2 heterocycles. The molecule has 3 aliphatic rings. The molecule has 3 rings (SSSR count). The number of hydrogen-bond acceptors (Lipinski definition) is 4. The summed E-state index contributed by atoms with van der Waals surface area (Å²) in [7, 11) is -1.19. The lowest BCUT2D eigenvalue weighted by molar-refractivity contribution is -0.167. The number of rotatable bonds is 2. The summed E-state index contributed by atoms with van der Waals surface area (Å²) in [4.78, 5) is 14.5. The summed E-state index contributed by atoms with van der Waals surface area (Å²) < 4.78 is 28.2. The van der Waals surface area contributed by atoms with E-state index in [4.69, 9.17) is 4.74 Å². The summed E-state index contributed by atoms with van der Waals surface area (Å²) >= 11 is 0. The van der Waals surface area contributed by atoms with Crippen molar-refractivity contribution in [2.24, 2.45) is 5.41 Å². The standard InChI is InChI=1S/C14H23NO4S/c1-19-14(6-4-2-3-5-7-14)12(16)15-8-13(9-15)10-20(17,18)11-13/h2-11H2,1H3. The third-order valence-corrected chi connectivity index (χ3v) is 7.19. The van der Waals surface area contributed by atoms with E-state index in [1.54, 1.807) is 7.11 Å². The Labute approximate surface area is 120 Å². The van der Waals surface area contributed by atoms with Crippen LogP contribution in [0.3, 0.4) is 0 Å². The third-order valence-electron chi connectivity index (χ3n) is 5.08. The molecule has 0 atom stereocenters. The number of carbonyl (C=O) groups excluding carboxylic acids is 1. The number of ether oxygens (including phenoxy) is 1. The second-order valence-electron chi connectivity index (χ2n) is 6.81. The lowest BCUT2D eigenvalue weighted by Crippen LogP contribution is -2.71. The first-order valence-corrected chi connectivity index (χ1v) is 9.28. The molecule has 0 bridgehead atoms. The van der Waals surface area contributed by atoms with Crippen LogP contribution in [0.4, 0.5) is 0 Å². The van der Waals surface area contributed by atoms with Gasteiger partial charge in [0.05, 0.1) is 11.5 Å². The summed E-state index contributed by atoms with van der Waals surface area (Å²) in [5.41, 5.74) is -0.783. The molecule has 6 heteroatoms. The Bertz CT molecular complexity index is 485. The van der Waals surface area contributed by atoms with Crippen LogP contribution < -0.4 is 0 Å².